The molecular formula is C14H18O4. The third-order valence-corrected chi connectivity index (χ3v) is 1.99. The molecule has 0 bridgehead atoms. The number of rotatable bonds is 5. The Kier molecular flexibility index (Phi) is 4.89. The Labute approximate surface area is 107 Å². The number of hydrogen-bond donors (Lipinski definition) is 0. The number of ether oxygens (including phenoxy) is 2. The van der Waals surface area contributed by atoms with Crippen molar-refractivity contribution in [1.82, 2.24) is 0 Å². The summed E-state index contributed by atoms with van der Waals surface area (Å²) in [6, 6.07) is 6.78. The van der Waals surface area contributed by atoms with Gasteiger partial charge in [-0.2, -0.15) is 0 Å². The van der Waals surface area contributed by atoms with Gasteiger partial charge in [0.25, 0.3) is 0 Å². The Morgan fingerprint density at radius 1 is 1.33 bits per heavy atom. The van der Waals surface area contributed by atoms with E-state index in [-0.39, 0.29) is 19.0 Å². The first kappa shape index (κ1) is 14.2. The van der Waals surface area contributed by atoms with E-state index in [4.69, 9.17) is 9.47 Å². The zero-order valence-electron chi connectivity index (χ0n) is 10.9. The Hall–Kier alpha value is -1.84. The van der Waals surface area contributed by atoms with Gasteiger partial charge in [-0.15, -0.1) is 0 Å². The lowest BCUT2D eigenvalue weighted by molar-refractivity contribution is -0.155. The number of hydrogen-bond acceptors (Lipinski definition) is 4. The number of carbonyl (C=O) groups is 2. The first-order chi connectivity index (χ1) is 8.40. The maximum absolute atomic E-state index is 11.4. The molecule has 0 saturated heterocycles. The van der Waals surface area contributed by atoms with Gasteiger partial charge in [-0.25, -0.2) is 0 Å². The minimum atomic E-state index is -0.478. The molecular weight excluding hydrogens is 232 g/mol. The standard InChI is InChI=1S/C14H18O4/c1-14(2,3)18-13(16)7-8-17-12-6-4-5-11(9-12)10-15/h4-6,9-10H,7-8H2,1-3H3. The van der Waals surface area contributed by atoms with E-state index < -0.39 is 5.60 Å². The number of esters is 1. The smallest absolute Gasteiger partial charge is 0.309 e. The number of carbonyl (C=O) groups excluding carboxylic acids is 2. The molecule has 0 spiro atoms. The van der Waals surface area contributed by atoms with Crippen molar-refractivity contribution in [1.29, 1.82) is 0 Å². The quantitative estimate of drug-likeness (QED) is 0.595. The van der Waals surface area contributed by atoms with Gasteiger partial charge in [-0.3, -0.25) is 9.59 Å². The molecule has 1 rings (SSSR count). The Bertz CT molecular complexity index is 418. The van der Waals surface area contributed by atoms with Crippen molar-refractivity contribution in [2.24, 2.45) is 0 Å². The van der Waals surface area contributed by atoms with Crippen molar-refractivity contribution in [2.75, 3.05) is 6.61 Å². The predicted molar refractivity (Wildman–Crippen MR) is 67.8 cm³/mol. The lowest BCUT2D eigenvalue weighted by Gasteiger charge is -2.19. The van der Waals surface area contributed by atoms with E-state index >= 15 is 0 Å². The molecule has 0 heterocycles. The highest BCUT2D eigenvalue weighted by Crippen LogP contribution is 2.13. The summed E-state index contributed by atoms with van der Waals surface area (Å²) in [7, 11) is 0. The van der Waals surface area contributed by atoms with E-state index in [2.05, 4.69) is 0 Å². The SMILES string of the molecule is CC(C)(C)OC(=O)CCOc1cccc(C=O)c1. The molecule has 0 aliphatic rings. The summed E-state index contributed by atoms with van der Waals surface area (Å²) in [4.78, 5) is 22.0. The molecule has 0 fully saturated rings. The van der Waals surface area contributed by atoms with Crippen LogP contribution in [0, 0.1) is 0 Å². The monoisotopic (exact) mass is 250 g/mol. The first-order valence-electron chi connectivity index (χ1n) is 5.80. The van der Waals surface area contributed by atoms with Crippen LogP contribution < -0.4 is 4.74 Å². The second-order valence-electron chi connectivity index (χ2n) is 4.88. The summed E-state index contributed by atoms with van der Waals surface area (Å²) in [5.74, 6) is 0.275. The van der Waals surface area contributed by atoms with Gasteiger partial charge in [0.15, 0.2) is 0 Å². The molecule has 0 N–H and O–H groups in total. The molecule has 0 aliphatic heterocycles. The summed E-state index contributed by atoms with van der Waals surface area (Å²) in [5.41, 5.74) is 0.0684. The fourth-order valence-corrected chi connectivity index (χ4v) is 1.32. The average Bonchev–Trinajstić information content (AvgIpc) is 2.27. The van der Waals surface area contributed by atoms with Gasteiger partial charge in [0.2, 0.25) is 0 Å². The summed E-state index contributed by atoms with van der Waals surface area (Å²) in [6.07, 6.45) is 0.934. The second kappa shape index (κ2) is 6.19. The molecule has 0 radical (unpaired) electrons. The van der Waals surface area contributed by atoms with Crippen LogP contribution in [0.5, 0.6) is 5.75 Å². The summed E-state index contributed by atoms with van der Waals surface area (Å²) < 4.78 is 10.5. The van der Waals surface area contributed by atoms with Crippen molar-refractivity contribution < 1.29 is 19.1 Å². The zero-order valence-corrected chi connectivity index (χ0v) is 10.9. The fraction of sp³-hybridized carbons (Fsp3) is 0.429. The molecule has 0 amide bonds. The highest BCUT2D eigenvalue weighted by atomic mass is 16.6. The summed E-state index contributed by atoms with van der Waals surface area (Å²) in [5, 5.41) is 0. The van der Waals surface area contributed by atoms with Crippen molar-refractivity contribution in [3.8, 4) is 5.75 Å². The van der Waals surface area contributed by atoms with Crippen molar-refractivity contribution in [2.45, 2.75) is 32.8 Å². The van der Waals surface area contributed by atoms with E-state index in [1.165, 1.54) is 0 Å². The van der Waals surface area contributed by atoms with E-state index in [0.717, 1.165) is 6.29 Å². The fourth-order valence-electron chi connectivity index (χ4n) is 1.32. The number of aldehydes is 1. The molecule has 0 unspecified atom stereocenters. The molecule has 18 heavy (non-hydrogen) atoms. The van der Waals surface area contributed by atoms with Crippen LogP contribution in [0.4, 0.5) is 0 Å². The van der Waals surface area contributed by atoms with Crippen LogP contribution in [0.15, 0.2) is 24.3 Å². The van der Waals surface area contributed by atoms with Gasteiger partial charge in [-0.05, 0) is 32.9 Å². The van der Waals surface area contributed by atoms with Gasteiger partial charge < -0.3 is 9.47 Å². The zero-order chi connectivity index (χ0) is 13.6. The Morgan fingerprint density at radius 3 is 2.67 bits per heavy atom. The van der Waals surface area contributed by atoms with Gasteiger partial charge in [-0.1, -0.05) is 12.1 Å². The van der Waals surface area contributed by atoms with Crippen LogP contribution in [-0.4, -0.2) is 24.5 Å². The molecule has 0 aliphatic carbocycles. The minimum absolute atomic E-state index is 0.183. The van der Waals surface area contributed by atoms with Crippen molar-refractivity contribution >= 4 is 12.3 Å². The molecule has 1 aromatic rings. The van der Waals surface area contributed by atoms with E-state index in [1.807, 2.05) is 20.8 Å². The van der Waals surface area contributed by atoms with Gasteiger partial charge in [0.05, 0.1) is 13.0 Å². The highest BCUT2D eigenvalue weighted by molar-refractivity contribution is 5.75. The van der Waals surface area contributed by atoms with Gasteiger partial charge in [0.1, 0.15) is 17.6 Å². The van der Waals surface area contributed by atoms with Crippen LogP contribution in [-0.2, 0) is 9.53 Å². The molecule has 4 nitrogen and oxygen atoms in total. The highest BCUT2D eigenvalue weighted by Gasteiger charge is 2.15. The van der Waals surface area contributed by atoms with Crippen LogP contribution in [0.2, 0.25) is 0 Å². The maximum atomic E-state index is 11.4. The molecule has 4 heteroatoms. The lowest BCUT2D eigenvalue weighted by atomic mass is 10.2. The van der Waals surface area contributed by atoms with Crippen LogP contribution in [0.1, 0.15) is 37.6 Å². The molecule has 0 saturated carbocycles. The molecule has 98 valence electrons. The molecule has 0 aromatic heterocycles. The van der Waals surface area contributed by atoms with E-state index in [9.17, 15) is 9.59 Å². The normalized spacial score (nSPS) is 10.8. The van der Waals surface area contributed by atoms with Crippen molar-refractivity contribution in [3.05, 3.63) is 29.8 Å². The van der Waals surface area contributed by atoms with Crippen LogP contribution in [0.25, 0.3) is 0 Å². The van der Waals surface area contributed by atoms with Gasteiger partial charge >= 0.3 is 5.97 Å². The maximum Gasteiger partial charge on any atom is 0.309 e. The van der Waals surface area contributed by atoms with Gasteiger partial charge in [0, 0.05) is 5.56 Å². The van der Waals surface area contributed by atoms with Crippen LogP contribution >= 0.6 is 0 Å². The second-order valence-corrected chi connectivity index (χ2v) is 4.88. The average molecular weight is 250 g/mol. The first-order valence-corrected chi connectivity index (χ1v) is 5.80. The summed E-state index contributed by atoms with van der Waals surface area (Å²) >= 11 is 0. The third kappa shape index (κ3) is 5.48. The van der Waals surface area contributed by atoms with E-state index in [0.29, 0.717) is 11.3 Å². The van der Waals surface area contributed by atoms with Crippen LogP contribution in [0.3, 0.4) is 0 Å². The molecule has 0 atom stereocenters. The minimum Gasteiger partial charge on any atom is -0.493 e. The Balaban J connectivity index is 2.37. The topological polar surface area (TPSA) is 52.6 Å². The largest absolute Gasteiger partial charge is 0.493 e. The summed E-state index contributed by atoms with van der Waals surface area (Å²) in [6.45, 7) is 5.69. The van der Waals surface area contributed by atoms with E-state index in [1.54, 1.807) is 24.3 Å². The lowest BCUT2D eigenvalue weighted by Crippen LogP contribution is -2.24. The molecule has 1 aromatic carbocycles. The number of benzene rings is 1. The predicted octanol–water partition coefficient (Wildman–Crippen LogP) is 2.61. The van der Waals surface area contributed by atoms with Crippen molar-refractivity contribution in [3.63, 3.8) is 0 Å². The third-order valence-electron chi connectivity index (χ3n) is 1.99. The Morgan fingerprint density at radius 2 is 2.06 bits per heavy atom.